The van der Waals surface area contributed by atoms with Crippen LogP contribution in [-0.2, 0) is 9.47 Å². The van der Waals surface area contributed by atoms with E-state index in [0.717, 1.165) is 32.4 Å². The van der Waals surface area contributed by atoms with Crippen molar-refractivity contribution in [2.75, 3.05) is 26.8 Å². The Hall–Kier alpha value is -1.33. The molecule has 5 heteroatoms. The monoisotopic (exact) mass is 265 g/mol. The van der Waals surface area contributed by atoms with Gasteiger partial charge in [-0.2, -0.15) is 0 Å². The molecule has 0 unspecified atom stereocenters. The van der Waals surface area contributed by atoms with Crippen LogP contribution in [0.4, 0.5) is 0 Å². The average molecular weight is 265 g/mol. The van der Waals surface area contributed by atoms with E-state index in [9.17, 15) is 4.79 Å². The van der Waals surface area contributed by atoms with Crippen LogP contribution in [0.2, 0.25) is 0 Å². The van der Waals surface area contributed by atoms with E-state index in [1.165, 1.54) is 6.26 Å². The lowest BCUT2D eigenvalue weighted by atomic mass is 9.88. The molecule has 2 aliphatic heterocycles. The van der Waals surface area contributed by atoms with Gasteiger partial charge < -0.3 is 18.8 Å². The summed E-state index contributed by atoms with van der Waals surface area (Å²) in [4.78, 5) is 14.0. The number of methoxy groups -OCH3 is 1. The van der Waals surface area contributed by atoms with Gasteiger partial charge in [-0.25, -0.2) is 0 Å². The Labute approximate surface area is 112 Å². The van der Waals surface area contributed by atoms with Gasteiger partial charge in [-0.3, -0.25) is 4.79 Å². The van der Waals surface area contributed by atoms with E-state index in [0.29, 0.717) is 12.4 Å². The summed E-state index contributed by atoms with van der Waals surface area (Å²) in [6, 6.07) is 3.45. The van der Waals surface area contributed by atoms with E-state index in [4.69, 9.17) is 13.9 Å². The Morgan fingerprint density at radius 2 is 2.26 bits per heavy atom. The van der Waals surface area contributed by atoms with Gasteiger partial charge in [-0.15, -0.1) is 0 Å². The largest absolute Gasteiger partial charge is 0.459 e. The SMILES string of the molecule is CO[C@H]1COC2(CCN(C(=O)c3ccco3)CC2)C1. The third kappa shape index (κ3) is 2.40. The van der Waals surface area contributed by atoms with E-state index < -0.39 is 0 Å². The molecule has 0 bridgehead atoms. The number of carbonyl (C=O) groups is 1. The lowest BCUT2D eigenvalue weighted by molar-refractivity contribution is -0.0406. The van der Waals surface area contributed by atoms with Crippen molar-refractivity contribution in [1.29, 1.82) is 0 Å². The minimum absolute atomic E-state index is 0.0267. The zero-order chi connectivity index (χ0) is 13.3. The molecule has 1 amide bonds. The highest BCUT2D eigenvalue weighted by atomic mass is 16.6. The Morgan fingerprint density at radius 1 is 1.47 bits per heavy atom. The fourth-order valence-electron chi connectivity index (χ4n) is 2.98. The van der Waals surface area contributed by atoms with Gasteiger partial charge in [-0.05, 0) is 25.0 Å². The molecule has 2 fully saturated rings. The predicted molar refractivity (Wildman–Crippen MR) is 67.9 cm³/mol. The summed E-state index contributed by atoms with van der Waals surface area (Å²) >= 11 is 0. The van der Waals surface area contributed by atoms with E-state index >= 15 is 0 Å². The minimum atomic E-state index is -0.0827. The second kappa shape index (κ2) is 4.98. The maximum Gasteiger partial charge on any atom is 0.289 e. The topological polar surface area (TPSA) is 51.9 Å². The zero-order valence-corrected chi connectivity index (χ0v) is 11.1. The molecule has 5 nitrogen and oxygen atoms in total. The molecule has 1 aromatic rings. The van der Waals surface area contributed by atoms with Gasteiger partial charge in [0.25, 0.3) is 5.91 Å². The lowest BCUT2D eigenvalue weighted by Gasteiger charge is -2.38. The summed E-state index contributed by atoms with van der Waals surface area (Å²) in [5.41, 5.74) is -0.0827. The average Bonchev–Trinajstić information content (AvgIpc) is 3.09. The molecule has 1 atom stereocenters. The van der Waals surface area contributed by atoms with Crippen molar-refractivity contribution >= 4 is 5.91 Å². The maximum absolute atomic E-state index is 12.2. The summed E-state index contributed by atoms with van der Waals surface area (Å²) in [5.74, 6) is 0.388. The van der Waals surface area contributed by atoms with Gasteiger partial charge in [-0.1, -0.05) is 0 Å². The number of amides is 1. The number of likely N-dealkylation sites (tertiary alicyclic amines) is 1. The van der Waals surface area contributed by atoms with Crippen LogP contribution >= 0.6 is 0 Å². The molecule has 2 saturated heterocycles. The van der Waals surface area contributed by atoms with E-state index in [1.54, 1.807) is 19.2 Å². The quantitative estimate of drug-likeness (QED) is 0.816. The normalized spacial score (nSPS) is 25.9. The Balaban J connectivity index is 1.59. The highest BCUT2D eigenvalue weighted by molar-refractivity contribution is 5.91. The van der Waals surface area contributed by atoms with Gasteiger partial charge in [0.2, 0.25) is 0 Å². The number of furan rings is 1. The minimum Gasteiger partial charge on any atom is -0.459 e. The molecule has 0 aliphatic carbocycles. The van der Waals surface area contributed by atoms with Gasteiger partial charge in [0.15, 0.2) is 5.76 Å². The highest BCUT2D eigenvalue weighted by Crippen LogP contribution is 2.37. The smallest absolute Gasteiger partial charge is 0.289 e. The van der Waals surface area contributed by atoms with Gasteiger partial charge in [0.05, 0.1) is 24.6 Å². The van der Waals surface area contributed by atoms with Crippen LogP contribution in [0.25, 0.3) is 0 Å². The zero-order valence-electron chi connectivity index (χ0n) is 11.1. The van der Waals surface area contributed by atoms with Gasteiger partial charge in [0, 0.05) is 26.6 Å². The summed E-state index contributed by atoms with van der Waals surface area (Å²) < 4.78 is 16.4. The van der Waals surface area contributed by atoms with Crippen molar-refractivity contribution in [2.24, 2.45) is 0 Å². The number of nitrogens with zero attached hydrogens (tertiary/aromatic N) is 1. The number of hydrogen-bond acceptors (Lipinski definition) is 4. The number of piperidine rings is 1. The number of rotatable bonds is 2. The summed E-state index contributed by atoms with van der Waals surface area (Å²) in [6.07, 6.45) is 4.42. The number of hydrogen-bond donors (Lipinski definition) is 0. The molecule has 19 heavy (non-hydrogen) atoms. The van der Waals surface area contributed by atoms with Crippen LogP contribution in [0.1, 0.15) is 29.8 Å². The first-order chi connectivity index (χ1) is 9.22. The number of ether oxygens (including phenoxy) is 2. The third-order valence-corrected chi connectivity index (χ3v) is 4.20. The molecular formula is C14H19NO4. The van der Waals surface area contributed by atoms with Crippen molar-refractivity contribution in [1.82, 2.24) is 4.90 Å². The molecule has 104 valence electrons. The fraction of sp³-hybridized carbons (Fsp3) is 0.643. The van der Waals surface area contributed by atoms with E-state index in [2.05, 4.69) is 0 Å². The van der Waals surface area contributed by atoms with Crippen molar-refractivity contribution < 1.29 is 18.7 Å². The number of carbonyl (C=O) groups excluding carboxylic acids is 1. The van der Waals surface area contributed by atoms with Crippen LogP contribution in [0.5, 0.6) is 0 Å². The fourth-order valence-corrected chi connectivity index (χ4v) is 2.98. The second-order valence-electron chi connectivity index (χ2n) is 5.33. The second-order valence-corrected chi connectivity index (χ2v) is 5.33. The summed E-state index contributed by atoms with van der Waals surface area (Å²) in [7, 11) is 1.72. The van der Waals surface area contributed by atoms with Gasteiger partial charge >= 0.3 is 0 Å². The van der Waals surface area contributed by atoms with Crippen molar-refractivity contribution in [3.63, 3.8) is 0 Å². The van der Waals surface area contributed by atoms with Crippen LogP contribution in [-0.4, -0.2) is 49.3 Å². The molecule has 1 aromatic heterocycles. The van der Waals surface area contributed by atoms with E-state index in [-0.39, 0.29) is 17.6 Å². The molecule has 0 N–H and O–H groups in total. The molecule has 3 rings (SSSR count). The molecule has 1 spiro atoms. The summed E-state index contributed by atoms with van der Waals surface area (Å²) in [6.45, 7) is 2.11. The Kier molecular flexibility index (Phi) is 3.33. The third-order valence-electron chi connectivity index (χ3n) is 4.20. The molecule has 0 saturated carbocycles. The summed E-state index contributed by atoms with van der Waals surface area (Å²) in [5, 5.41) is 0. The van der Waals surface area contributed by atoms with Crippen LogP contribution < -0.4 is 0 Å². The molecule has 2 aliphatic rings. The highest BCUT2D eigenvalue weighted by Gasteiger charge is 2.43. The maximum atomic E-state index is 12.2. The first-order valence-corrected chi connectivity index (χ1v) is 6.72. The molecule has 3 heterocycles. The standard InChI is InChI=1S/C14H19NO4/c1-17-11-9-14(19-10-11)4-6-15(7-5-14)13(16)12-3-2-8-18-12/h2-3,8,11H,4-7,9-10H2,1H3/t11-/m1/s1. The molecule has 0 radical (unpaired) electrons. The van der Waals surface area contributed by atoms with Crippen LogP contribution in [0.15, 0.2) is 22.8 Å². The Bertz CT molecular complexity index is 434. The van der Waals surface area contributed by atoms with Crippen LogP contribution in [0, 0.1) is 0 Å². The van der Waals surface area contributed by atoms with Crippen molar-refractivity contribution in [2.45, 2.75) is 31.0 Å². The van der Waals surface area contributed by atoms with Crippen LogP contribution in [0.3, 0.4) is 0 Å². The van der Waals surface area contributed by atoms with Crippen molar-refractivity contribution in [3.05, 3.63) is 24.2 Å². The van der Waals surface area contributed by atoms with Crippen molar-refractivity contribution in [3.8, 4) is 0 Å². The molecule has 0 aromatic carbocycles. The molecular weight excluding hydrogens is 246 g/mol. The van der Waals surface area contributed by atoms with E-state index in [1.807, 2.05) is 4.90 Å². The Morgan fingerprint density at radius 3 is 2.84 bits per heavy atom. The van der Waals surface area contributed by atoms with Gasteiger partial charge in [0.1, 0.15) is 0 Å². The predicted octanol–water partition coefficient (Wildman–Crippen LogP) is 1.69. The first kappa shape index (κ1) is 12.7. The first-order valence-electron chi connectivity index (χ1n) is 6.72. The lowest BCUT2D eigenvalue weighted by Crippen LogP contribution is -2.46.